The molecule has 1 aromatic heterocycles. The van der Waals surface area contributed by atoms with Crippen LogP contribution in [-0.4, -0.2) is 66.4 Å². The normalized spacial score (nSPS) is 15.3. The van der Waals surface area contributed by atoms with Gasteiger partial charge in [0.1, 0.15) is 11.6 Å². The Morgan fingerprint density at radius 1 is 1.30 bits per heavy atom. The highest BCUT2D eigenvalue weighted by atomic mass is 16.3. The Morgan fingerprint density at radius 3 is 2.77 bits per heavy atom. The van der Waals surface area contributed by atoms with Crippen molar-refractivity contribution in [3.63, 3.8) is 0 Å². The van der Waals surface area contributed by atoms with Gasteiger partial charge in [0, 0.05) is 45.0 Å². The number of hydrogen-bond acceptors (Lipinski definition) is 7. The summed E-state index contributed by atoms with van der Waals surface area (Å²) in [7, 11) is 3.36. The van der Waals surface area contributed by atoms with Crippen molar-refractivity contribution in [3.05, 3.63) is 54.1 Å². The minimum Gasteiger partial charge on any atom is -0.451 e. The summed E-state index contributed by atoms with van der Waals surface area (Å²) in [6, 6.07) is 6.74. The van der Waals surface area contributed by atoms with Crippen molar-refractivity contribution in [2.24, 2.45) is 17.3 Å². The van der Waals surface area contributed by atoms with Crippen LogP contribution >= 0.6 is 0 Å². The zero-order valence-electron chi connectivity index (χ0n) is 17.2. The average Bonchev–Trinajstić information content (AvgIpc) is 3.16. The van der Waals surface area contributed by atoms with Crippen LogP contribution in [0.1, 0.15) is 22.5 Å². The quantitative estimate of drug-likeness (QED) is 0.469. The molecule has 0 bridgehead atoms. The molecule has 0 saturated carbocycles. The molecule has 6 N–H and O–H groups in total. The summed E-state index contributed by atoms with van der Waals surface area (Å²) < 4.78 is 5.66. The van der Waals surface area contributed by atoms with Crippen LogP contribution in [0, 0.1) is 0 Å². The third-order valence-electron chi connectivity index (χ3n) is 4.97. The van der Waals surface area contributed by atoms with Crippen molar-refractivity contribution in [2.45, 2.75) is 12.5 Å². The Morgan fingerprint density at radius 2 is 2.07 bits per heavy atom. The highest BCUT2D eigenvalue weighted by Crippen LogP contribution is 2.27. The third-order valence-corrected chi connectivity index (χ3v) is 4.97. The predicted octanol–water partition coefficient (Wildman–Crippen LogP) is 0.683. The molecule has 160 valence electrons. The van der Waals surface area contributed by atoms with Crippen molar-refractivity contribution in [2.75, 3.05) is 33.7 Å². The molecule has 1 atom stereocenters. The van der Waals surface area contributed by atoms with Gasteiger partial charge >= 0.3 is 0 Å². The van der Waals surface area contributed by atoms with E-state index in [1.54, 1.807) is 25.1 Å². The van der Waals surface area contributed by atoms with E-state index >= 15 is 0 Å². The largest absolute Gasteiger partial charge is 0.451 e. The average molecular weight is 412 g/mol. The highest BCUT2D eigenvalue weighted by Gasteiger charge is 2.25. The molecule has 2 aromatic rings. The third kappa shape index (κ3) is 4.64. The van der Waals surface area contributed by atoms with E-state index in [4.69, 9.17) is 21.7 Å². The Bertz CT molecular complexity index is 994. The summed E-state index contributed by atoms with van der Waals surface area (Å²) in [5, 5.41) is 2.13. The maximum Gasteiger partial charge on any atom is 0.289 e. The monoisotopic (exact) mass is 412 g/mol. The summed E-state index contributed by atoms with van der Waals surface area (Å²) in [4.78, 5) is 28.1. The van der Waals surface area contributed by atoms with Crippen molar-refractivity contribution < 1.29 is 14.0 Å². The van der Waals surface area contributed by atoms with E-state index < -0.39 is 6.04 Å². The van der Waals surface area contributed by atoms with E-state index in [0.717, 1.165) is 22.9 Å². The van der Waals surface area contributed by atoms with Gasteiger partial charge in [-0.3, -0.25) is 9.59 Å². The van der Waals surface area contributed by atoms with Crippen LogP contribution in [0.2, 0.25) is 0 Å². The molecule has 0 saturated heterocycles. The zero-order chi connectivity index (χ0) is 21.8. The molecule has 1 aliphatic rings. The standard InChI is InChI=1S/C21H28N6O3/c1-25(2)21(29)19-11-16-10-14(5-6-18(16)30-19)15-4-3-8-26(12-15)20(28)17(23)13-27(24)9-7-22/h4-7,9-11,17H,3,8,12-13,22-24H2,1-2H3/b9-7-. The number of carbonyl (C=O) groups is 2. The van der Waals surface area contributed by atoms with E-state index in [1.807, 2.05) is 18.2 Å². The second kappa shape index (κ2) is 9.02. The van der Waals surface area contributed by atoms with E-state index in [0.29, 0.717) is 24.4 Å². The molecule has 1 aliphatic heterocycles. The lowest BCUT2D eigenvalue weighted by Gasteiger charge is -2.30. The number of nitrogens with two attached hydrogens (primary N) is 3. The number of carbonyl (C=O) groups excluding carboxylic acids is 2. The van der Waals surface area contributed by atoms with Crippen LogP contribution in [-0.2, 0) is 4.79 Å². The van der Waals surface area contributed by atoms with Crippen LogP contribution in [0.5, 0.6) is 0 Å². The molecule has 9 heteroatoms. The summed E-state index contributed by atoms with van der Waals surface area (Å²) in [5.41, 5.74) is 14.0. The number of fused-ring (bicyclic) bond motifs is 1. The first kappa shape index (κ1) is 21.4. The molecule has 9 nitrogen and oxygen atoms in total. The Labute approximate surface area is 175 Å². The summed E-state index contributed by atoms with van der Waals surface area (Å²) >= 11 is 0. The van der Waals surface area contributed by atoms with Gasteiger partial charge in [-0.2, -0.15) is 0 Å². The number of hydrogen-bond donors (Lipinski definition) is 3. The van der Waals surface area contributed by atoms with Crippen molar-refractivity contribution in [3.8, 4) is 0 Å². The predicted molar refractivity (Wildman–Crippen MR) is 116 cm³/mol. The summed E-state index contributed by atoms with van der Waals surface area (Å²) in [6.45, 7) is 1.23. The molecular weight excluding hydrogens is 384 g/mol. The fourth-order valence-corrected chi connectivity index (χ4v) is 3.42. The number of hydrazine groups is 1. The van der Waals surface area contributed by atoms with Gasteiger partial charge in [-0.15, -0.1) is 0 Å². The van der Waals surface area contributed by atoms with E-state index in [-0.39, 0.29) is 18.4 Å². The van der Waals surface area contributed by atoms with E-state index in [1.165, 1.54) is 22.3 Å². The van der Waals surface area contributed by atoms with Crippen molar-refractivity contribution >= 4 is 28.4 Å². The molecule has 1 unspecified atom stereocenters. The van der Waals surface area contributed by atoms with Gasteiger partial charge in [-0.05, 0) is 35.8 Å². The number of rotatable bonds is 6. The Hall–Kier alpha value is -3.30. The lowest BCUT2D eigenvalue weighted by atomic mass is 9.99. The zero-order valence-corrected chi connectivity index (χ0v) is 17.2. The van der Waals surface area contributed by atoms with Gasteiger partial charge in [-0.25, -0.2) is 5.84 Å². The minimum absolute atomic E-state index is 0.162. The summed E-state index contributed by atoms with van der Waals surface area (Å²) in [5.74, 6) is 5.68. The molecule has 0 spiro atoms. The van der Waals surface area contributed by atoms with Gasteiger partial charge in [-0.1, -0.05) is 12.1 Å². The molecular formula is C21H28N6O3. The molecule has 30 heavy (non-hydrogen) atoms. The van der Waals surface area contributed by atoms with Crippen LogP contribution in [0.15, 0.2) is 47.2 Å². The molecule has 0 aliphatic carbocycles. The minimum atomic E-state index is -0.749. The fourth-order valence-electron chi connectivity index (χ4n) is 3.42. The van der Waals surface area contributed by atoms with E-state index in [2.05, 4.69) is 6.08 Å². The van der Waals surface area contributed by atoms with Gasteiger partial charge < -0.3 is 30.7 Å². The second-order valence-corrected chi connectivity index (χ2v) is 7.49. The molecule has 3 rings (SSSR count). The number of furan rings is 1. The van der Waals surface area contributed by atoms with Crippen LogP contribution in [0.25, 0.3) is 16.5 Å². The molecule has 0 fully saturated rings. The Balaban J connectivity index is 1.74. The van der Waals surface area contributed by atoms with Crippen LogP contribution < -0.4 is 17.3 Å². The topological polar surface area (TPSA) is 135 Å². The lowest BCUT2D eigenvalue weighted by molar-refractivity contribution is -0.132. The number of benzene rings is 1. The second-order valence-electron chi connectivity index (χ2n) is 7.49. The SMILES string of the molecule is CN(C)C(=O)c1cc2cc(C3=CCCN(C(=O)C(N)CN(N)/C=C\N)C3)ccc2o1. The number of nitrogens with zero attached hydrogens (tertiary/aromatic N) is 3. The highest BCUT2D eigenvalue weighted by molar-refractivity contribution is 5.96. The molecule has 2 amide bonds. The van der Waals surface area contributed by atoms with Gasteiger partial charge in [0.05, 0.1) is 6.54 Å². The number of amides is 2. The van der Waals surface area contributed by atoms with E-state index in [9.17, 15) is 9.59 Å². The molecule has 2 heterocycles. The molecule has 1 aromatic carbocycles. The van der Waals surface area contributed by atoms with Crippen molar-refractivity contribution in [1.82, 2.24) is 14.8 Å². The van der Waals surface area contributed by atoms with Crippen molar-refractivity contribution in [1.29, 1.82) is 0 Å². The maximum atomic E-state index is 12.7. The van der Waals surface area contributed by atoms with Crippen LogP contribution in [0.4, 0.5) is 0 Å². The maximum absolute atomic E-state index is 12.7. The van der Waals surface area contributed by atoms with Gasteiger partial charge in [0.2, 0.25) is 5.91 Å². The first-order valence-electron chi connectivity index (χ1n) is 9.69. The fraction of sp³-hybridized carbons (Fsp3) is 0.333. The van der Waals surface area contributed by atoms with Gasteiger partial charge in [0.15, 0.2) is 5.76 Å². The lowest BCUT2D eigenvalue weighted by Crippen LogP contribution is -2.51. The van der Waals surface area contributed by atoms with Crippen LogP contribution in [0.3, 0.4) is 0 Å². The van der Waals surface area contributed by atoms with Gasteiger partial charge in [0.25, 0.3) is 5.91 Å². The first-order valence-corrected chi connectivity index (χ1v) is 9.69. The smallest absolute Gasteiger partial charge is 0.289 e. The summed E-state index contributed by atoms with van der Waals surface area (Å²) in [6.07, 6.45) is 5.61. The molecule has 0 radical (unpaired) electrons. The Kier molecular flexibility index (Phi) is 6.43. The first-order chi connectivity index (χ1) is 14.3.